The zero-order chi connectivity index (χ0) is 17.8. The first kappa shape index (κ1) is 16.5. The second-order valence-electron chi connectivity index (χ2n) is 6.63. The number of anilines is 3. The van der Waals surface area contributed by atoms with Crippen LogP contribution in [0.5, 0.6) is 0 Å². The van der Waals surface area contributed by atoms with Crippen LogP contribution in [0.1, 0.15) is 19.3 Å². The summed E-state index contributed by atoms with van der Waals surface area (Å²) >= 11 is 0. The highest BCUT2D eigenvalue weighted by Gasteiger charge is 2.23. The SMILES string of the molecule is OC1CCC(Nc2cc(Nc3ccccc3)nc(-c3ccccc3)n2)C1. The zero-order valence-electron chi connectivity index (χ0n) is 14.5. The second-order valence-corrected chi connectivity index (χ2v) is 6.63. The number of para-hydroxylation sites is 1. The number of aliphatic hydroxyl groups excluding tert-OH is 1. The molecule has 3 N–H and O–H groups in total. The van der Waals surface area contributed by atoms with Crippen LogP contribution in [0.3, 0.4) is 0 Å². The first-order valence-electron chi connectivity index (χ1n) is 8.97. The molecule has 5 heteroatoms. The summed E-state index contributed by atoms with van der Waals surface area (Å²) < 4.78 is 0. The van der Waals surface area contributed by atoms with Gasteiger partial charge in [0.15, 0.2) is 5.82 Å². The van der Waals surface area contributed by atoms with Gasteiger partial charge >= 0.3 is 0 Å². The molecule has 1 aromatic heterocycles. The Hall–Kier alpha value is -2.92. The van der Waals surface area contributed by atoms with Crippen LogP contribution in [0.25, 0.3) is 11.4 Å². The monoisotopic (exact) mass is 346 g/mol. The molecule has 26 heavy (non-hydrogen) atoms. The van der Waals surface area contributed by atoms with Gasteiger partial charge in [0.05, 0.1) is 6.10 Å². The average Bonchev–Trinajstić information content (AvgIpc) is 3.08. The van der Waals surface area contributed by atoms with E-state index < -0.39 is 0 Å². The van der Waals surface area contributed by atoms with Crippen LogP contribution in [0.2, 0.25) is 0 Å². The quantitative estimate of drug-likeness (QED) is 0.645. The number of nitrogens with one attached hydrogen (secondary N) is 2. The number of rotatable bonds is 5. The summed E-state index contributed by atoms with van der Waals surface area (Å²) in [5.41, 5.74) is 1.95. The average molecular weight is 346 g/mol. The van der Waals surface area contributed by atoms with Crippen molar-refractivity contribution >= 4 is 17.3 Å². The van der Waals surface area contributed by atoms with Crippen LogP contribution in [-0.2, 0) is 0 Å². The summed E-state index contributed by atoms with van der Waals surface area (Å²) in [7, 11) is 0. The van der Waals surface area contributed by atoms with E-state index in [1.54, 1.807) is 0 Å². The van der Waals surface area contributed by atoms with Gasteiger partial charge in [-0.1, -0.05) is 48.5 Å². The highest BCUT2D eigenvalue weighted by molar-refractivity contribution is 5.65. The van der Waals surface area contributed by atoms with E-state index in [0.717, 1.165) is 42.1 Å². The van der Waals surface area contributed by atoms with Crippen LogP contribution in [0.4, 0.5) is 17.3 Å². The molecule has 132 valence electrons. The van der Waals surface area contributed by atoms with E-state index >= 15 is 0 Å². The molecule has 0 amide bonds. The van der Waals surface area contributed by atoms with Crippen molar-refractivity contribution in [2.45, 2.75) is 31.4 Å². The van der Waals surface area contributed by atoms with Crippen LogP contribution >= 0.6 is 0 Å². The third-order valence-corrected chi connectivity index (χ3v) is 4.56. The molecule has 1 aliphatic carbocycles. The number of nitrogens with zero attached hydrogens (tertiary/aromatic N) is 2. The first-order chi connectivity index (χ1) is 12.8. The molecule has 0 saturated heterocycles. The lowest BCUT2D eigenvalue weighted by Crippen LogP contribution is -2.18. The van der Waals surface area contributed by atoms with Gasteiger partial charge in [0, 0.05) is 23.4 Å². The Labute approximate surface area is 153 Å². The molecule has 0 spiro atoms. The minimum atomic E-state index is -0.218. The Morgan fingerprint density at radius 1 is 0.846 bits per heavy atom. The van der Waals surface area contributed by atoms with Gasteiger partial charge in [0.1, 0.15) is 11.6 Å². The number of aliphatic hydroxyl groups is 1. The summed E-state index contributed by atoms with van der Waals surface area (Å²) in [5, 5.41) is 16.6. The van der Waals surface area contributed by atoms with Gasteiger partial charge in [0.2, 0.25) is 0 Å². The van der Waals surface area contributed by atoms with Gasteiger partial charge in [-0.2, -0.15) is 0 Å². The molecule has 1 saturated carbocycles. The molecule has 2 atom stereocenters. The van der Waals surface area contributed by atoms with Crippen molar-refractivity contribution in [3.8, 4) is 11.4 Å². The fraction of sp³-hybridized carbons (Fsp3) is 0.238. The highest BCUT2D eigenvalue weighted by Crippen LogP contribution is 2.26. The fourth-order valence-electron chi connectivity index (χ4n) is 3.27. The van der Waals surface area contributed by atoms with E-state index in [9.17, 15) is 5.11 Å². The molecule has 5 nitrogen and oxygen atoms in total. The van der Waals surface area contributed by atoms with Gasteiger partial charge in [-0.15, -0.1) is 0 Å². The smallest absolute Gasteiger partial charge is 0.163 e. The molecule has 1 fully saturated rings. The minimum absolute atomic E-state index is 0.218. The Bertz CT molecular complexity index is 854. The normalized spacial score (nSPS) is 19.3. The summed E-state index contributed by atoms with van der Waals surface area (Å²) in [6.07, 6.45) is 2.33. The van der Waals surface area contributed by atoms with E-state index in [4.69, 9.17) is 0 Å². The van der Waals surface area contributed by atoms with Gasteiger partial charge in [-0.05, 0) is 31.4 Å². The largest absolute Gasteiger partial charge is 0.393 e. The standard InChI is InChI=1S/C21H22N4O/c26-18-12-11-17(13-18)23-20-14-19(22-16-9-5-2-6-10-16)24-21(25-20)15-7-3-1-4-8-15/h1-10,14,17-18,26H,11-13H2,(H2,22,23,24,25). The molecule has 1 aliphatic rings. The number of hydrogen-bond acceptors (Lipinski definition) is 5. The molecule has 1 heterocycles. The van der Waals surface area contributed by atoms with Crippen molar-refractivity contribution < 1.29 is 5.11 Å². The molecule has 0 radical (unpaired) electrons. The van der Waals surface area contributed by atoms with Crippen LogP contribution < -0.4 is 10.6 Å². The summed E-state index contributed by atoms with van der Waals surface area (Å²) in [5.74, 6) is 2.19. The first-order valence-corrected chi connectivity index (χ1v) is 8.97. The van der Waals surface area contributed by atoms with Crippen LogP contribution in [-0.4, -0.2) is 27.2 Å². The number of hydrogen-bond donors (Lipinski definition) is 3. The predicted octanol–water partition coefficient (Wildman–Crippen LogP) is 4.21. The Morgan fingerprint density at radius 3 is 2.23 bits per heavy atom. The molecule has 0 bridgehead atoms. The van der Waals surface area contributed by atoms with Crippen molar-refractivity contribution in [2.24, 2.45) is 0 Å². The molecule has 0 aliphatic heterocycles. The van der Waals surface area contributed by atoms with Crippen molar-refractivity contribution in [3.05, 3.63) is 66.7 Å². The lowest BCUT2D eigenvalue weighted by Gasteiger charge is -2.15. The third kappa shape index (κ3) is 4.00. The fourth-order valence-corrected chi connectivity index (χ4v) is 3.27. The maximum Gasteiger partial charge on any atom is 0.163 e. The van der Waals surface area contributed by atoms with Gasteiger partial charge < -0.3 is 15.7 Å². The molecule has 2 aromatic carbocycles. The molecule has 2 unspecified atom stereocenters. The highest BCUT2D eigenvalue weighted by atomic mass is 16.3. The Balaban J connectivity index is 1.65. The number of aromatic nitrogens is 2. The lowest BCUT2D eigenvalue weighted by atomic mass is 10.2. The lowest BCUT2D eigenvalue weighted by molar-refractivity contribution is 0.182. The van der Waals surface area contributed by atoms with Crippen molar-refractivity contribution in [2.75, 3.05) is 10.6 Å². The minimum Gasteiger partial charge on any atom is -0.393 e. The van der Waals surface area contributed by atoms with Crippen molar-refractivity contribution in [1.82, 2.24) is 9.97 Å². The van der Waals surface area contributed by atoms with E-state index in [1.165, 1.54) is 0 Å². The molecule has 3 aromatic rings. The van der Waals surface area contributed by atoms with Gasteiger partial charge in [-0.25, -0.2) is 9.97 Å². The van der Waals surface area contributed by atoms with E-state index in [0.29, 0.717) is 5.82 Å². The van der Waals surface area contributed by atoms with E-state index in [2.05, 4.69) is 20.6 Å². The molecular weight excluding hydrogens is 324 g/mol. The van der Waals surface area contributed by atoms with Crippen molar-refractivity contribution in [1.29, 1.82) is 0 Å². The summed E-state index contributed by atoms with van der Waals surface area (Å²) in [6.45, 7) is 0. The van der Waals surface area contributed by atoms with E-state index in [1.807, 2.05) is 66.7 Å². The van der Waals surface area contributed by atoms with Gasteiger partial charge in [-0.3, -0.25) is 0 Å². The second kappa shape index (κ2) is 7.54. The number of benzene rings is 2. The molecule has 4 rings (SSSR count). The topological polar surface area (TPSA) is 70.1 Å². The van der Waals surface area contributed by atoms with Gasteiger partial charge in [0.25, 0.3) is 0 Å². The van der Waals surface area contributed by atoms with Crippen LogP contribution in [0, 0.1) is 0 Å². The Morgan fingerprint density at radius 2 is 1.54 bits per heavy atom. The zero-order valence-corrected chi connectivity index (χ0v) is 14.5. The van der Waals surface area contributed by atoms with Crippen molar-refractivity contribution in [3.63, 3.8) is 0 Å². The maximum atomic E-state index is 9.77. The summed E-state index contributed by atoms with van der Waals surface area (Å²) in [4.78, 5) is 9.37. The summed E-state index contributed by atoms with van der Waals surface area (Å²) in [6, 6.07) is 22.1. The third-order valence-electron chi connectivity index (χ3n) is 4.56. The maximum absolute atomic E-state index is 9.77. The Kier molecular flexibility index (Phi) is 4.80. The van der Waals surface area contributed by atoms with E-state index in [-0.39, 0.29) is 12.1 Å². The van der Waals surface area contributed by atoms with Crippen LogP contribution in [0.15, 0.2) is 66.7 Å². The predicted molar refractivity (Wildman–Crippen MR) is 104 cm³/mol. The molecular formula is C21H22N4O.